The second kappa shape index (κ2) is 5.60. The lowest BCUT2D eigenvalue weighted by Gasteiger charge is -2.23. The topological polar surface area (TPSA) is 46.3 Å². The molecule has 0 aromatic heterocycles. The van der Waals surface area contributed by atoms with E-state index in [0.29, 0.717) is 23.8 Å². The largest absolute Gasteiger partial charge is 0.399 e. The van der Waals surface area contributed by atoms with Crippen molar-refractivity contribution in [3.63, 3.8) is 0 Å². The van der Waals surface area contributed by atoms with Gasteiger partial charge in [0.15, 0.2) is 0 Å². The standard InChI is InChI=1S/C18H20N2O/c1-13-2-4-14(5-3-13)12-20(17-10-11-17)18(21)15-6-8-16(19)9-7-15/h2-9,17H,10-12,19H2,1H3. The first-order chi connectivity index (χ1) is 10.1. The Balaban J connectivity index is 1.79. The van der Waals surface area contributed by atoms with Crippen LogP contribution in [0.4, 0.5) is 5.69 Å². The number of anilines is 1. The molecule has 0 spiro atoms. The second-order valence-electron chi connectivity index (χ2n) is 5.77. The number of aryl methyl sites for hydroxylation is 1. The molecule has 2 aromatic rings. The van der Waals surface area contributed by atoms with Crippen molar-refractivity contribution >= 4 is 11.6 Å². The lowest BCUT2D eigenvalue weighted by atomic mass is 10.1. The van der Waals surface area contributed by atoms with E-state index in [1.54, 1.807) is 12.1 Å². The number of nitrogens with zero attached hydrogens (tertiary/aromatic N) is 1. The maximum Gasteiger partial charge on any atom is 0.254 e. The van der Waals surface area contributed by atoms with Crippen LogP contribution in [0.3, 0.4) is 0 Å². The summed E-state index contributed by atoms with van der Waals surface area (Å²) in [6.07, 6.45) is 2.21. The fourth-order valence-corrected chi connectivity index (χ4v) is 2.43. The number of hydrogen-bond acceptors (Lipinski definition) is 2. The minimum Gasteiger partial charge on any atom is -0.399 e. The van der Waals surface area contributed by atoms with E-state index in [9.17, 15) is 4.79 Å². The number of benzene rings is 2. The lowest BCUT2D eigenvalue weighted by Crippen LogP contribution is -2.32. The molecule has 2 N–H and O–H groups in total. The molecule has 0 saturated heterocycles. The molecule has 0 atom stereocenters. The number of nitrogens with two attached hydrogens (primary N) is 1. The Bertz CT molecular complexity index is 627. The molecule has 1 fully saturated rings. The molecular formula is C18H20N2O. The highest BCUT2D eigenvalue weighted by Crippen LogP contribution is 2.30. The molecule has 108 valence electrons. The van der Waals surface area contributed by atoms with Crippen LogP contribution >= 0.6 is 0 Å². The third-order valence-corrected chi connectivity index (χ3v) is 3.88. The monoisotopic (exact) mass is 280 g/mol. The van der Waals surface area contributed by atoms with E-state index in [1.807, 2.05) is 17.0 Å². The van der Waals surface area contributed by atoms with Crippen LogP contribution < -0.4 is 5.73 Å². The first-order valence-corrected chi connectivity index (χ1v) is 7.35. The van der Waals surface area contributed by atoms with Crippen LogP contribution in [0.5, 0.6) is 0 Å². The first-order valence-electron chi connectivity index (χ1n) is 7.35. The highest BCUT2D eigenvalue weighted by atomic mass is 16.2. The van der Waals surface area contributed by atoms with Gasteiger partial charge in [-0.2, -0.15) is 0 Å². The van der Waals surface area contributed by atoms with Gasteiger partial charge in [-0.05, 0) is 49.6 Å². The van der Waals surface area contributed by atoms with Crippen LogP contribution in [0, 0.1) is 6.92 Å². The van der Waals surface area contributed by atoms with Crippen molar-refractivity contribution in [1.82, 2.24) is 4.90 Å². The second-order valence-corrected chi connectivity index (χ2v) is 5.77. The molecular weight excluding hydrogens is 260 g/mol. The van der Waals surface area contributed by atoms with Gasteiger partial charge in [-0.1, -0.05) is 29.8 Å². The molecule has 0 unspecified atom stereocenters. The zero-order chi connectivity index (χ0) is 14.8. The van der Waals surface area contributed by atoms with Crippen LogP contribution in [0.15, 0.2) is 48.5 Å². The molecule has 21 heavy (non-hydrogen) atoms. The quantitative estimate of drug-likeness (QED) is 0.873. The van der Waals surface area contributed by atoms with E-state index in [2.05, 4.69) is 31.2 Å². The van der Waals surface area contributed by atoms with Crippen LogP contribution in [-0.2, 0) is 6.54 Å². The number of amides is 1. The van der Waals surface area contributed by atoms with Gasteiger partial charge in [-0.3, -0.25) is 4.79 Å². The Kier molecular flexibility index (Phi) is 3.65. The minimum atomic E-state index is 0.0954. The summed E-state index contributed by atoms with van der Waals surface area (Å²) in [6, 6.07) is 15.9. The molecule has 0 aliphatic heterocycles. The van der Waals surface area contributed by atoms with E-state index in [0.717, 1.165) is 12.8 Å². The summed E-state index contributed by atoms with van der Waals surface area (Å²) < 4.78 is 0. The van der Waals surface area contributed by atoms with Gasteiger partial charge >= 0.3 is 0 Å². The first kappa shape index (κ1) is 13.7. The molecule has 3 rings (SSSR count). The van der Waals surface area contributed by atoms with Gasteiger partial charge < -0.3 is 10.6 Å². The minimum absolute atomic E-state index is 0.0954. The molecule has 3 heteroatoms. The summed E-state index contributed by atoms with van der Waals surface area (Å²) >= 11 is 0. The van der Waals surface area contributed by atoms with Crippen molar-refractivity contribution in [2.75, 3.05) is 5.73 Å². The molecule has 2 aromatic carbocycles. The van der Waals surface area contributed by atoms with Crippen molar-refractivity contribution < 1.29 is 4.79 Å². The fourth-order valence-electron chi connectivity index (χ4n) is 2.43. The van der Waals surface area contributed by atoms with E-state index in [-0.39, 0.29) is 5.91 Å². The van der Waals surface area contributed by atoms with Crippen molar-refractivity contribution in [2.24, 2.45) is 0 Å². The molecule has 0 heterocycles. The van der Waals surface area contributed by atoms with E-state index < -0.39 is 0 Å². The summed E-state index contributed by atoms with van der Waals surface area (Å²) in [5.41, 5.74) is 9.50. The average Bonchev–Trinajstić information content (AvgIpc) is 3.31. The Morgan fingerprint density at radius 2 is 1.71 bits per heavy atom. The van der Waals surface area contributed by atoms with Crippen molar-refractivity contribution in [3.05, 3.63) is 65.2 Å². The molecule has 1 amide bonds. The Morgan fingerprint density at radius 3 is 2.29 bits per heavy atom. The van der Waals surface area contributed by atoms with Gasteiger partial charge in [0.2, 0.25) is 0 Å². The molecule has 0 bridgehead atoms. The third kappa shape index (κ3) is 3.24. The Morgan fingerprint density at radius 1 is 1.10 bits per heavy atom. The molecule has 0 radical (unpaired) electrons. The summed E-state index contributed by atoms with van der Waals surface area (Å²) in [6.45, 7) is 2.75. The summed E-state index contributed by atoms with van der Waals surface area (Å²) in [5.74, 6) is 0.0954. The maximum absolute atomic E-state index is 12.7. The third-order valence-electron chi connectivity index (χ3n) is 3.88. The van der Waals surface area contributed by atoms with Crippen LogP contribution in [0.1, 0.15) is 34.3 Å². The van der Waals surface area contributed by atoms with Crippen molar-refractivity contribution in [1.29, 1.82) is 0 Å². The number of carbonyl (C=O) groups is 1. The summed E-state index contributed by atoms with van der Waals surface area (Å²) in [4.78, 5) is 14.7. The molecule has 1 aliphatic carbocycles. The van der Waals surface area contributed by atoms with Gasteiger partial charge in [0.25, 0.3) is 5.91 Å². The maximum atomic E-state index is 12.7. The molecule has 3 nitrogen and oxygen atoms in total. The SMILES string of the molecule is Cc1ccc(CN(C(=O)c2ccc(N)cc2)C2CC2)cc1. The van der Waals surface area contributed by atoms with Gasteiger partial charge in [0.05, 0.1) is 0 Å². The zero-order valence-corrected chi connectivity index (χ0v) is 12.3. The highest BCUT2D eigenvalue weighted by Gasteiger charge is 2.32. The lowest BCUT2D eigenvalue weighted by molar-refractivity contribution is 0.0730. The number of carbonyl (C=O) groups excluding carboxylic acids is 1. The van der Waals surface area contributed by atoms with Crippen LogP contribution in [0.25, 0.3) is 0 Å². The predicted molar refractivity (Wildman–Crippen MR) is 84.9 cm³/mol. The summed E-state index contributed by atoms with van der Waals surface area (Å²) in [7, 11) is 0. The van der Waals surface area contributed by atoms with Crippen LogP contribution in [0.2, 0.25) is 0 Å². The summed E-state index contributed by atoms with van der Waals surface area (Å²) in [5, 5.41) is 0. The van der Waals surface area contributed by atoms with Crippen LogP contribution in [-0.4, -0.2) is 16.8 Å². The molecule has 1 saturated carbocycles. The van der Waals surface area contributed by atoms with Crippen molar-refractivity contribution in [3.8, 4) is 0 Å². The van der Waals surface area contributed by atoms with E-state index >= 15 is 0 Å². The van der Waals surface area contributed by atoms with E-state index in [1.165, 1.54) is 11.1 Å². The van der Waals surface area contributed by atoms with E-state index in [4.69, 9.17) is 5.73 Å². The molecule has 1 aliphatic rings. The predicted octanol–water partition coefficient (Wildman–Crippen LogP) is 3.38. The van der Waals surface area contributed by atoms with Gasteiger partial charge in [-0.25, -0.2) is 0 Å². The normalized spacial score (nSPS) is 14.0. The smallest absolute Gasteiger partial charge is 0.254 e. The van der Waals surface area contributed by atoms with Crippen molar-refractivity contribution in [2.45, 2.75) is 32.4 Å². The van der Waals surface area contributed by atoms with Gasteiger partial charge in [-0.15, -0.1) is 0 Å². The fraction of sp³-hybridized carbons (Fsp3) is 0.278. The Labute approximate surface area is 125 Å². The highest BCUT2D eigenvalue weighted by molar-refractivity contribution is 5.94. The number of rotatable bonds is 4. The van der Waals surface area contributed by atoms with Gasteiger partial charge in [0, 0.05) is 23.8 Å². The number of hydrogen-bond donors (Lipinski definition) is 1. The zero-order valence-electron chi connectivity index (χ0n) is 12.3. The number of nitrogen functional groups attached to an aromatic ring is 1. The van der Waals surface area contributed by atoms with Gasteiger partial charge in [0.1, 0.15) is 0 Å². The Hall–Kier alpha value is -2.29. The average molecular weight is 280 g/mol.